The minimum Gasteiger partial charge on any atom is -0.493 e. The molecule has 0 saturated heterocycles. The van der Waals surface area contributed by atoms with Crippen molar-refractivity contribution < 1.29 is 24.1 Å². The fourth-order valence-electron chi connectivity index (χ4n) is 1.98. The summed E-state index contributed by atoms with van der Waals surface area (Å²) >= 11 is 0. The summed E-state index contributed by atoms with van der Waals surface area (Å²) in [4.78, 5) is 11.7. The molecule has 0 fully saturated rings. The van der Waals surface area contributed by atoms with Crippen molar-refractivity contribution in [3.8, 4) is 11.5 Å². The largest absolute Gasteiger partial charge is 0.493 e. The molecule has 0 radical (unpaired) electrons. The van der Waals surface area contributed by atoms with Crippen LogP contribution in [0.15, 0.2) is 24.3 Å². The fourth-order valence-corrected chi connectivity index (χ4v) is 1.98. The second-order valence-corrected chi connectivity index (χ2v) is 6.28. The van der Waals surface area contributed by atoms with E-state index in [0.29, 0.717) is 17.9 Å². The van der Waals surface area contributed by atoms with Crippen LogP contribution in [0.4, 0.5) is 4.79 Å². The van der Waals surface area contributed by atoms with Crippen molar-refractivity contribution in [2.24, 2.45) is 0 Å². The molecule has 0 aliphatic carbocycles. The lowest BCUT2D eigenvalue weighted by atomic mass is 10.1. The number of benzene rings is 1. The zero-order valence-corrected chi connectivity index (χ0v) is 15.0. The summed E-state index contributed by atoms with van der Waals surface area (Å²) in [6.07, 6.45) is 3.70. The minimum atomic E-state index is -0.570. The van der Waals surface area contributed by atoms with Gasteiger partial charge in [-0.2, -0.15) is 0 Å². The molecule has 0 aliphatic rings. The van der Waals surface area contributed by atoms with Crippen molar-refractivity contribution >= 4 is 12.2 Å². The van der Waals surface area contributed by atoms with E-state index in [1.54, 1.807) is 35.0 Å². The molecule has 1 aromatic rings. The Morgan fingerprint density at radius 2 is 1.92 bits per heavy atom. The number of ether oxygens (including phenoxy) is 3. The Bertz CT molecular complexity index is 563. The van der Waals surface area contributed by atoms with Crippen LogP contribution >= 0.6 is 0 Å². The van der Waals surface area contributed by atoms with Crippen LogP contribution in [0.2, 0.25) is 0 Å². The predicted octanol–water partition coefficient (Wildman–Crippen LogP) is 2.99. The molecule has 0 unspecified atom stereocenters. The number of amides is 1. The van der Waals surface area contributed by atoms with Gasteiger partial charge < -0.3 is 24.6 Å². The van der Waals surface area contributed by atoms with Gasteiger partial charge in [0, 0.05) is 0 Å². The number of aliphatic hydroxyl groups excluding tert-OH is 1. The molecule has 0 aliphatic heterocycles. The first-order valence-electron chi connectivity index (χ1n) is 7.78. The highest BCUT2D eigenvalue weighted by Crippen LogP contribution is 2.28. The molecule has 0 aromatic heterocycles. The van der Waals surface area contributed by atoms with Gasteiger partial charge in [0.2, 0.25) is 0 Å². The number of aliphatic hydroxyl groups is 1. The lowest BCUT2D eigenvalue weighted by molar-refractivity contribution is 0.0484. The molecule has 0 saturated carbocycles. The van der Waals surface area contributed by atoms with Crippen LogP contribution in [-0.2, 0) is 4.74 Å². The fraction of sp³-hybridized carbons (Fsp3) is 0.500. The quantitative estimate of drug-likeness (QED) is 0.800. The molecule has 1 aromatic carbocycles. The highest BCUT2D eigenvalue weighted by atomic mass is 16.6. The Morgan fingerprint density at radius 1 is 1.25 bits per heavy atom. The van der Waals surface area contributed by atoms with Gasteiger partial charge in [-0.1, -0.05) is 18.2 Å². The molecular weight excluding hydrogens is 310 g/mol. The number of methoxy groups -OCH3 is 2. The van der Waals surface area contributed by atoms with E-state index in [4.69, 9.17) is 14.2 Å². The van der Waals surface area contributed by atoms with Gasteiger partial charge in [0.15, 0.2) is 11.5 Å². The summed E-state index contributed by atoms with van der Waals surface area (Å²) in [6.45, 7) is 5.20. The topological polar surface area (TPSA) is 77.0 Å². The Balaban J connectivity index is 2.62. The highest BCUT2D eigenvalue weighted by Gasteiger charge is 2.18. The third-order valence-electron chi connectivity index (χ3n) is 3.08. The van der Waals surface area contributed by atoms with E-state index in [1.165, 1.54) is 0 Å². The van der Waals surface area contributed by atoms with Crippen molar-refractivity contribution in [1.29, 1.82) is 0 Å². The van der Waals surface area contributed by atoms with Gasteiger partial charge in [0.25, 0.3) is 0 Å². The van der Waals surface area contributed by atoms with Crippen LogP contribution in [0.25, 0.3) is 6.08 Å². The normalized spacial score (nSPS) is 12.8. The van der Waals surface area contributed by atoms with Gasteiger partial charge in [-0.05, 0) is 44.9 Å². The maximum atomic E-state index is 11.7. The smallest absolute Gasteiger partial charge is 0.407 e. The van der Waals surface area contributed by atoms with E-state index in [1.807, 2.05) is 30.4 Å². The Hall–Kier alpha value is -2.21. The highest BCUT2D eigenvalue weighted by molar-refractivity contribution is 5.68. The van der Waals surface area contributed by atoms with Crippen LogP contribution in [0.3, 0.4) is 0 Å². The van der Waals surface area contributed by atoms with Crippen molar-refractivity contribution in [2.75, 3.05) is 20.8 Å². The maximum absolute atomic E-state index is 11.7. The van der Waals surface area contributed by atoms with Gasteiger partial charge in [0.05, 0.1) is 26.9 Å². The van der Waals surface area contributed by atoms with Crippen molar-refractivity contribution in [3.63, 3.8) is 0 Å². The van der Waals surface area contributed by atoms with E-state index >= 15 is 0 Å². The molecule has 6 heteroatoms. The molecule has 134 valence electrons. The first kappa shape index (κ1) is 19.8. The number of rotatable bonds is 7. The maximum Gasteiger partial charge on any atom is 0.407 e. The van der Waals surface area contributed by atoms with Crippen molar-refractivity contribution in [3.05, 3.63) is 29.8 Å². The van der Waals surface area contributed by atoms with Crippen molar-refractivity contribution in [1.82, 2.24) is 5.32 Å². The van der Waals surface area contributed by atoms with Gasteiger partial charge in [0.1, 0.15) is 5.60 Å². The zero-order chi connectivity index (χ0) is 18.2. The average Bonchev–Trinajstić information content (AvgIpc) is 2.51. The summed E-state index contributed by atoms with van der Waals surface area (Å²) < 4.78 is 15.6. The summed E-state index contributed by atoms with van der Waals surface area (Å²) in [5.41, 5.74) is 0.362. The van der Waals surface area contributed by atoms with E-state index in [9.17, 15) is 9.90 Å². The number of carbonyl (C=O) groups is 1. The van der Waals surface area contributed by atoms with Gasteiger partial charge >= 0.3 is 6.09 Å². The lowest BCUT2D eigenvalue weighted by Crippen LogP contribution is -2.40. The molecule has 1 amide bonds. The molecule has 0 heterocycles. The molecule has 24 heavy (non-hydrogen) atoms. The summed E-state index contributed by atoms with van der Waals surface area (Å²) in [7, 11) is 3.17. The second kappa shape index (κ2) is 9.17. The second-order valence-electron chi connectivity index (χ2n) is 6.28. The number of carbonyl (C=O) groups excluding carboxylic acids is 1. The van der Waals surface area contributed by atoms with Gasteiger partial charge in [-0.15, -0.1) is 0 Å². The van der Waals surface area contributed by atoms with Crippen LogP contribution in [0.5, 0.6) is 11.5 Å². The number of hydrogen-bond donors (Lipinski definition) is 2. The average molecular weight is 337 g/mol. The molecular formula is C18H27NO5. The predicted molar refractivity (Wildman–Crippen MR) is 93.4 cm³/mol. The van der Waals surface area contributed by atoms with E-state index in [2.05, 4.69) is 5.32 Å². The first-order chi connectivity index (χ1) is 11.3. The molecule has 6 nitrogen and oxygen atoms in total. The lowest BCUT2D eigenvalue weighted by Gasteiger charge is -2.22. The number of alkyl carbamates (subject to hydrolysis) is 1. The molecule has 1 atom stereocenters. The Labute approximate surface area is 143 Å². The zero-order valence-electron chi connectivity index (χ0n) is 15.0. The van der Waals surface area contributed by atoms with E-state index in [0.717, 1.165) is 5.56 Å². The van der Waals surface area contributed by atoms with E-state index in [-0.39, 0.29) is 6.61 Å². The molecule has 2 N–H and O–H groups in total. The molecule has 1 rings (SSSR count). The Kier molecular flexibility index (Phi) is 7.58. The monoisotopic (exact) mass is 337 g/mol. The summed E-state index contributed by atoms with van der Waals surface area (Å²) in [5, 5.41) is 12.0. The molecule has 0 spiro atoms. The third-order valence-corrected chi connectivity index (χ3v) is 3.08. The van der Waals surface area contributed by atoms with Crippen LogP contribution < -0.4 is 14.8 Å². The summed E-state index contributed by atoms with van der Waals surface area (Å²) in [5.74, 6) is 1.31. The van der Waals surface area contributed by atoms with Gasteiger partial charge in [-0.3, -0.25) is 0 Å². The van der Waals surface area contributed by atoms with Crippen LogP contribution in [0.1, 0.15) is 32.8 Å². The standard InChI is InChI=1S/C18H27NO5/c1-18(2,3)24-17(21)19-14(12-20)8-6-7-13-9-10-15(22-4)16(11-13)23-5/h6-7,9-11,14,20H,8,12H2,1-5H3,(H,19,21)/b7-6-/t14-/m0/s1. The summed E-state index contributed by atoms with van der Waals surface area (Å²) in [6, 6.07) is 5.16. The van der Waals surface area contributed by atoms with Gasteiger partial charge in [-0.25, -0.2) is 4.79 Å². The first-order valence-corrected chi connectivity index (χ1v) is 7.78. The SMILES string of the molecule is COc1ccc(/C=C\C[C@@H](CO)NC(=O)OC(C)(C)C)cc1OC. The number of hydrogen-bond acceptors (Lipinski definition) is 5. The Morgan fingerprint density at radius 3 is 2.46 bits per heavy atom. The number of nitrogens with one attached hydrogen (secondary N) is 1. The van der Waals surface area contributed by atoms with Crippen molar-refractivity contribution in [2.45, 2.75) is 38.8 Å². The van der Waals surface area contributed by atoms with E-state index < -0.39 is 17.7 Å². The van der Waals surface area contributed by atoms with Crippen LogP contribution in [0, 0.1) is 0 Å². The minimum absolute atomic E-state index is 0.171. The van der Waals surface area contributed by atoms with Crippen LogP contribution in [-0.4, -0.2) is 43.7 Å². The third kappa shape index (κ3) is 6.91. The molecule has 0 bridgehead atoms.